The third-order valence-electron chi connectivity index (χ3n) is 6.03. The van der Waals surface area contributed by atoms with E-state index in [1.54, 1.807) is 6.08 Å². The Kier molecular flexibility index (Phi) is 9.32. The fraction of sp³-hybridized carbons (Fsp3) is 0.296. The Morgan fingerprint density at radius 2 is 1.98 bits per heavy atom. The Balaban J connectivity index is 1.88. The summed E-state index contributed by atoms with van der Waals surface area (Å²) in [6, 6.07) is 4.09. The van der Waals surface area contributed by atoms with E-state index in [4.69, 9.17) is 21.1 Å². The number of likely N-dealkylation sites (N-methyl/N-ethyl adjacent to an activating group) is 1. The predicted molar refractivity (Wildman–Crippen MR) is 148 cm³/mol. The van der Waals surface area contributed by atoms with Crippen LogP contribution in [0.15, 0.2) is 48.8 Å². The van der Waals surface area contributed by atoms with Gasteiger partial charge in [-0.15, -0.1) is 0 Å². The highest BCUT2D eigenvalue weighted by Gasteiger charge is 2.36. The maximum Gasteiger partial charge on any atom is 0.338 e. The monoisotopic (exact) mass is 587 g/mol. The first-order chi connectivity index (χ1) is 19.5. The van der Waals surface area contributed by atoms with Crippen LogP contribution in [0.25, 0.3) is 10.9 Å². The summed E-state index contributed by atoms with van der Waals surface area (Å²) >= 11 is 5.96. The van der Waals surface area contributed by atoms with Gasteiger partial charge < -0.3 is 34.8 Å². The van der Waals surface area contributed by atoms with E-state index in [-0.39, 0.29) is 45.0 Å². The van der Waals surface area contributed by atoms with Crippen molar-refractivity contribution in [3.63, 3.8) is 0 Å². The van der Waals surface area contributed by atoms with Gasteiger partial charge in [-0.2, -0.15) is 0 Å². The number of benzene rings is 2. The standard InChI is InChI=1S/C27H27ClFN5O7/c1-33(2)8-3-4-23(35)32-21-11-17-20(12-22(21)41-16-7-9-40-13-16)30-14-31-25(17)34(24(26(36)37)27(38)39)15-5-6-19(29)18(28)10-15/h3-6,10-12,14,16,24H,7-9,13H2,1-2H3,(H,32,35)(H,36,37)(H,38,39)/b4-3+/t16-/m0/s1. The lowest BCUT2D eigenvalue weighted by Gasteiger charge is -2.28. The van der Waals surface area contributed by atoms with Gasteiger partial charge in [-0.1, -0.05) is 17.7 Å². The van der Waals surface area contributed by atoms with Crippen LogP contribution in [-0.2, 0) is 19.1 Å². The van der Waals surface area contributed by atoms with E-state index in [0.29, 0.717) is 26.2 Å². The molecule has 41 heavy (non-hydrogen) atoms. The normalized spacial score (nSPS) is 15.1. The SMILES string of the molecule is CN(C)C/C=C/C(=O)Nc1cc2c(N(c3ccc(F)c(Cl)c3)C(C(=O)O)C(=O)O)ncnc2cc1O[C@H]1CCOC1. The van der Waals surface area contributed by atoms with E-state index in [0.717, 1.165) is 23.4 Å². The quantitative estimate of drug-likeness (QED) is 0.223. The molecule has 2 aromatic carbocycles. The van der Waals surface area contributed by atoms with Crippen LogP contribution < -0.4 is 15.0 Å². The Labute approximate surface area is 238 Å². The second-order valence-corrected chi connectivity index (χ2v) is 9.77. The van der Waals surface area contributed by atoms with E-state index in [1.165, 1.54) is 24.3 Å². The molecule has 0 bridgehead atoms. The van der Waals surface area contributed by atoms with Gasteiger partial charge in [-0.3, -0.25) is 4.79 Å². The van der Waals surface area contributed by atoms with Crippen LogP contribution in [0.1, 0.15) is 6.42 Å². The summed E-state index contributed by atoms with van der Waals surface area (Å²) in [7, 11) is 3.70. The molecule has 2 heterocycles. The molecule has 1 amide bonds. The molecule has 0 saturated carbocycles. The smallest absolute Gasteiger partial charge is 0.338 e. The maximum absolute atomic E-state index is 14.0. The minimum atomic E-state index is -2.17. The minimum Gasteiger partial charge on any atom is -0.486 e. The zero-order chi connectivity index (χ0) is 29.7. The van der Waals surface area contributed by atoms with Crippen LogP contribution in [0.3, 0.4) is 0 Å². The Morgan fingerprint density at radius 1 is 1.22 bits per heavy atom. The van der Waals surface area contributed by atoms with Crippen molar-refractivity contribution in [1.82, 2.24) is 14.9 Å². The third kappa shape index (κ3) is 7.06. The molecule has 0 aliphatic carbocycles. The lowest BCUT2D eigenvalue weighted by atomic mass is 10.1. The van der Waals surface area contributed by atoms with E-state index in [2.05, 4.69) is 15.3 Å². The molecule has 1 atom stereocenters. The van der Waals surface area contributed by atoms with Gasteiger partial charge >= 0.3 is 11.9 Å². The maximum atomic E-state index is 14.0. The molecule has 0 radical (unpaired) electrons. The molecule has 1 aliphatic rings. The minimum absolute atomic E-state index is 0.0492. The summed E-state index contributed by atoms with van der Waals surface area (Å²) in [4.78, 5) is 48.3. The van der Waals surface area contributed by atoms with Gasteiger partial charge in [-0.25, -0.2) is 23.9 Å². The summed E-state index contributed by atoms with van der Waals surface area (Å²) in [5.41, 5.74) is 0.420. The molecule has 1 saturated heterocycles. The molecule has 1 aliphatic heterocycles. The number of anilines is 3. The highest BCUT2D eigenvalue weighted by molar-refractivity contribution is 6.31. The topological polar surface area (TPSA) is 154 Å². The first-order valence-corrected chi connectivity index (χ1v) is 12.8. The zero-order valence-corrected chi connectivity index (χ0v) is 22.8. The zero-order valence-electron chi connectivity index (χ0n) is 22.1. The van der Waals surface area contributed by atoms with Crippen LogP contribution in [0, 0.1) is 5.82 Å². The van der Waals surface area contributed by atoms with Crippen molar-refractivity contribution in [2.45, 2.75) is 18.6 Å². The number of carbonyl (C=O) groups excluding carboxylic acids is 1. The van der Waals surface area contributed by atoms with Gasteiger partial charge in [0, 0.05) is 36.2 Å². The summed E-state index contributed by atoms with van der Waals surface area (Å²) in [5.74, 6) is -4.52. The van der Waals surface area contributed by atoms with Gasteiger partial charge in [-0.05, 0) is 38.4 Å². The largest absolute Gasteiger partial charge is 0.486 e. The number of carbonyl (C=O) groups is 3. The molecule has 14 heteroatoms. The average Bonchev–Trinajstić information content (AvgIpc) is 3.41. The van der Waals surface area contributed by atoms with E-state index >= 15 is 0 Å². The number of ether oxygens (including phenoxy) is 2. The molecule has 216 valence electrons. The van der Waals surface area contributed by atoms with Gasteiger partial charge in [0.1, 0.15) is 29.8 Å². The second-order valence-electron chi connectivity index (χ2n) is 9.37. The Morgan fingerprint density at radius 3 is 2.61 bits per heavy atom. The highest BCUT2D eigenvalue weighted by atomic mass is 35.5. The number of fused-ring (bicyclic) bond motifs is 1. The van der Waals surface area contributed by atoms with Crippen molar-refractivity contribution in [1.29, 1.82) is 0 Å². The molecule has 3 aromatic rings. The number of nitrogens with one attached hydrogen (secondary N) is 1. The fourth-order valence-electron chi connectivity index (χ4n) is 4.14. The summed E-state index contributed by atoms with van der Waals surface area (Å²) < 4.78 is 25.5. The molecule has 1 aromatic heterocycles. The van der Waals surface area contributed by atoms with Gasteiger partial charge in [0.15, 0.2) is 0 Å². The van der Waals surface area contributed by atoms with Crippen molar-refractivity contribution < 1.29 is 38.5 Å². The molecular formula is C27H27ClFN5O7. The summed E-state index contributed by atoms with van der Waals surface area (Å²) in [5, 5.41) is 22.3. The molecule has 3 N–H and O–H groups in total. The number of nitrogens with zero attached hydrogens (tertiary/aromatic N) is 4. The number of halogens is 2. The number of aliphatic carboxylic acids is 2. The Bertz CT molecular complexity index is 1480. The molecule has 4 rings (SSSR count). The third-order valence-corrected chi connectivity index (χ3v) is 6.32. The van der Waals surface area contributed by atoms with Gasteiger partial charge in [0.2, 0.25) is 11.9 Å². The van der Waals surface area contributed by atoms with Crippen LogP contribution in [0.4, 0.5) is 21.6 Å². The highest BCUT2D eigenvalue weighted by Crippen LogP contribution is 2.38. The number of rotatable bonds is 11. The number of aromatic nitrogens is 2. The van der Waals surface area contributed by atoms with Crippen molar-refractivity contribution in [2.24, 2.45) is 0 Å². The van der Waals surface area contributed by atoms with Gasteiger partial charge in [0.25, 0.3) is 0 Å². The first-order valence-electron chi connectivity index (χ1n) is 12.4. The lowest BCUT2D eigenvalue weighted by molar-refractivity contribution is -0.149. The predicted octanol–water partition coefficient (Wildman–Crippen LogP) is 3.32. The lowest BCUT2D eigenvalue weighted by Crippen LogP contribution is -2.45. The molecule has 12 nitrogen and oxygen atoms in total. The van der Waals surface area contributed by atoms with Crippen LogP contribution >= 0.6 is 11.6 Å². The van der Waals surface area contributed by atoms with Crippen molar-refractivity contribution in [2.75, 3.05) is 44.1 Å². The molecular weight excluding hydrogens is 561 g/mol. The number of carboxylic acids is 2. The van der Waals surface area contributed by atoms with Crippen molar-refractivity contribution >= 4 is 57.5 Å². The molecule has 0 spiro atoms. The number of carboxylic acid groups (broad SMARTS) is 2. The average molecular weight is 588 g/mol. The van der Waals surface area contributed by atoms with E-state index in [1.807, 2.05) is 19.0 Å². The molecule has 0 unspecified atom stereocenters. The van der Waals surface area contributed by atoms with E-state index in [9.17, 15) is 29.0 Å². The number of hydrogen-bond donors (Lipinski definition) is 3. The summed E-state index contributed by atoms with van der Waals surface area (Å²) in [6.07, 6.45) is 4.49. The number of hydrogen-bond acceptors (Lipinski definition) is 9. The van der Waals surface area contributed by atoms with Gasteiger partial charge in [0.05, 0.1) is 29.4 Å². The van der Waals surface area contributed by atoms with E-state index < -0.39 is 29.7 Å². The van der Waals surface area contributed by atoms with Crippen LogP contribution in [0.2, 0.25) is 5.02 Å². The fourth-order valence-corrected chi connectivity index (χ4v) is 4.32. The number of amides is 1. The summed E-state index contributed by atoms with van der Waals surface area (Å²) in [6.45, 7) is 1.38. The van der Waals surface area contributed by atoms with Crippen molar-refractivity contribution in [3.8, 4) is 5.75 Å². The van der Waals surface area contributed by atoms with Crippen LogP contribution in [0.5, 0.6) is 5.75 Å². The molecule has 1 fully saturated rings. The van der Waals surface area contributed by atoms with Crippen LogP contribution in [-0.4, -0.2) is 88.9 Å². The van der Waals surface area contributed by atoms with Crippen molar-refractivity contribution in [3.05, 3.63) is 59.7 Å². The Hall–Kier alpha value is -4.33. The second kappa shape index (κ2) is 12.9. The first kappa shape index (κ1) is 29.6.